The molecular weight excluding hydrogens is 328 g/mol. The molecule has 0 fully saturated rings. The first-order chi connectivity index (χ1) is 10.6. The van der Waals surface area contributed by atoms with Crippen molar-refractivity contribution >= 4 is 0 Å². The van der Waals surface area contributed by atoms with Gasteiger partial charge < -0.3 is 9.84 Å². The van der Waals surface area contributed by atoms with Crippen molar-refractivity contribution in [3.8, 4) is 16.9 Å². The molecule has 9 heteroatoms. The maximum atomic E-state index is 12.6. The van der Waals surface area contributed by atoms with Crippen LogP contribution < -0.4 is 4.74 Å². The average molecular weight is 337 g/mol. The minimum atomic E-state index is -4.89. The van der Waals surface area contributed by atoms with Crippen LogP contribution in [0.5, 0.6) is 5.75 Å². The first-order valence-corrected chi connectivity index (χ1v) is 6.14. The monoisotopic (exact) mass is 337 g/mol. The molecule has 23 heavy (non-hydrogen) atoms. The summed E-state index contributed by atoms with van der Waals surface area (Å²) in [4.78, 5) is 3.31. The van der Waals surface area contributed by atoms with Crippen molar-refractivity contribution in [3.05, 3.63) is 47.8 Å². The molecule has 0 saturated carbocycles. The van der Waals surface area contributed by atoms with E-state index in [1.807, 2.05) is 0 Å². The molecule has 3 nitrogen and oxygen atoms in total. The Balaban J connectivity index is 2.44. The number of aliphatic hydroxyl groups excluding tert-OH is 1. The van der Waals surface area contributed by atoms with Crippen molar-refractivity contribution in [1.29, 1.82) is 0 Å². The zero-order chi connectivity index (χ0) is 17.3. The Morgan fingerprint density at radius 1 is 1.00 bits per heavy atom. The van der Waals surface area contributed by atoms with E-state index < -0.39 is 30.6 Å². The van der Waals surface area contributed by atoms with Crippen LogP contribution in [0.3, 0.4) is 0 Å². The predicted molar refractivity (Wildman–Crippen MR) is 67.3 cm³/mol. The van der Waals surface area contributed by atoms with Crippen LogP contribution in [-0.2, 0) is 12.8 Å². The van der Waals surface area contributed by atoms with Gasteiger partial charge in [0.2, 0.25) is 0 Å². The number of hydrogen-bond acceptors (Lipinski definition) is 3. The summed E-state index contributed by atoms with van der Waals surface area (Å²) >= 11 is 0. The molecule has 1 aromatic carbocycles. The maximum absolute atomic E-state index is 12.6. The number of aliphatic hydroxyl groups is 1. The minimum Gasteiger partial charge on any atom is -0.406 e. The second kappa shape index (κ2) is 6.07. The van der Waals surface area contributed by atoms with E-state index in [-0.39, 0.29) is 16.8 Å². The van der Waals surface area contributed by atoms with Gasteiger partial charge in [-0.1, -0.05) is 18.2 Å². The summed E-state index contributed by atoms with van der Waals surface area (Å²) in [5.41, 5.74) is -1.29. The molecule has 0 spiro atoms. The van der Waals surface area contributed by atoms with Crippen LogP contribution in [0, 0.1) is 0 Å². The number of hydrogen-bond donors (Lipinski definition) is 1. The number of aromatic nitrogens is 1. The van der Waals surface area contributed by atoms with Gasteiger partial charge in [-0.2, -0.15) is 13.2 Å². The van der Waals surface area contributed by atoms with E-state index in [4.69, 9.17) is 0 Å². The van der Waals surface area contributed by atoms with Crippen molar-refractivity contribution in [1.82, 2.24) is 4.98 Å². The van der Waals surface area contributed by atoms with Gasteiger partial charge in [0.05, 0.1) is 12.3 Å². The normalized spacial score (nSPS) is 12.3. The first kappa shape index (κ1) is 17.1. The first-order valence-electron chi connectivity index (χ1n) is 6.14. The van der Waals surface area contributed by atoms with E-state index in [1.165, 1.54) is 12.1 Å². The molecule has 0 unspecified atom stereocenters. The average Bonchev–Trinajstić information content (AvgIpc) is 2.44. The van der Waals surface area contributed by atoms with Crippen LogP contribution >= 0.6 is 0 Å². The third kappa shape index (κ3) is 4.35. The van der Waals surface area contributed by atoms with Gasteiger partial charge in [0.25, 0.3) is 0 Å². The van der Waals surface area contributed by atoms with Gasteiger partial charge in [0, 0.05) is 5.56 Å². The summed E-state index contributed by atoms with van der Waals surface area (Å²) in [6.07, 6.45) is -9.58. The lowest BCUT2D eigenvalue weighted by Gasteiger charge is -2.13. The quantitative estimate of drug-likeness (QED) is 0.856. The molecular formula is C14H9F6NO2. The number of ether oxygens (including phenoxy) is 1. The Morgan fingerprint density at radius 3 is 2.26 bits per heavy atom. The molecule has 2 aromatic rings. The van der Waals surface area contributed by atoms with E-state index >= 15 is 0 Å². The maximum Gasteiger partial charge on any atom is 0.573 e. The Bertz CT molecular complexity index is 696. The molecule has 1 aromatic heterocycles. The Hall–Kier alpha value is -2.29. The number of halogens is 6. The van der Waals surface area contributed by atoms with Crippen LogP contribution in [0.25, 0.3) is 11.1 Å². The highest BCUT2D eigenvalue weighted by Gasteiger charge is 2.33. The fourth-order valence-corrected chi connectivity index (χ4v) is 1.90. The topological polar surface area (TPSA) is 42.4 Å². The van der Waals surface area contributed by atoms with E-state index in [0.29, 0.717) is 6.07 Å². The van der Waals surface area contributed by atoms with Crippen molar-refractivity contribution in [2.24, 2.45) is 0 Å². The summed E-state index contributed by atoms with van der Waals surface area (Å²) in [7, 11) is 0. The van der Waals surface area contributed by atoms with Crippen LogP contribution in [0.1, 0.15) is 11.4 Å². The second-order valence-corrected chi connectivity index (χ2v) is 4.42. The standard InChI is InChI=1S/C14H9F6NO2/c15-13(16,17)12-5-4-10(11(7-22)21-12)8-2-1-3-9(6-8)23-14(18,19)20/h1-6,22H,7H2. The molecule has 1 heterocycles. The third-order valence-corrected chi connectivity index (χ3v) is 2.79. The lowest BCUT2D eigenvalue weighted by atomic mass is 10.0. The molecule has 0 radical (unpaired) electrons. The van der Waals surface area contributed by atoms with Gasteiger partial charge in [-0.3, -0.25) is 0 Å². The van der Waals surface area contributed by atoms with Gasteiger partial charge in [0.15, 0.2) is 0 Å². The summed E-state index contributed by atoms with van der Waals surface area (Å²) in [6, 6.07) is 6.38. The van der Waals surface area contributed by atoms with Crippen LogP contribution in [0.4, 0.5) is 26.3 Å². The second-order valence-electron chi connectivity index (χ2n) is 4.42. The summed E-state index contributed by atoms with van der Waals surface area (Å²) in [6.45, 7) is -0.802. The van der Waals surface area contributed by atoms with Crippen molar-refractivity contribution in [2.45, 2.75) is 19.1 Å². The SMILES string of the molecule is OCc1nc(C(F)(F)F)ccc1-c1cccc(OC(F)(F)F)c1. The fourth-order valence-electron chi connectivity index (χ4n) is 1.90. The summed E-state index contributed by atoms with van der Waals surface area (Å²) < 4.78 is 78.2. The smallest absolute Gasteiger partial charge is 0.406 e. The molecule has 0 saturated heterocycles. The lowest BCUT2D eigenvalue weighted by Crippen LogP contribution is -2.17. The lowest BCUT2D eigenvalue weighted by molar-refractivity contribution is -0.274. The third-order valence-electron chi connectivity index (χ3n) is 2.79. The Kier molecular flexibility index (Phi) is 4.51. The zero-order valence-corrected chi connectivity index (χ0v) is 11.2. The zero-order valence-electron chi connectivity index (χ0n) is 11.2. The van der Waals surface area contributed by atoms with Gasteiger partial charge in [0.1, 0.15) is 11.4 Å². The van der Waals surface area contributed by atoms with Crippen molar-refractivity contribution < 1.29 is 36.2 Å². The van der Waals surface area contributed by atoms with E-state index in [9.17, 15) is 31.4 Å². The number of rotatable bonds is 3. The fraction of sp³-hybridized carbons (Fsp3) is 0.214. The van der Waals surface area contributed by atoms with Gasteiger partial charge in [-0.15, -0.1) is 13.2 Å². The molecule has 0 aliphatic carbocycles. The number of benzene rings is 1. The molecule has 0 aliphatic rings. The van der Waals surface area contributed by atoms with Gasteiger partial charge >= 0.3 is 12.5 Å². The van der Waals surface area contributed by atoms with E-state index in [2.05, 4.69) is 9.72 Å². The molecule has 0 amide bonds. The number of alkyl halides is 6. The van der Waals surface area contributed by atoms with E-state index in [1.54, 1.807) is 0 Å². The van der Waals surface area contributed by atoms with Crippen LogP contribution in [0.2, 0.25) is 0 Å². The van der Waals surface area contributed by atoms with Gasteiger partial charge in [-0.05, 0) is 23.8 Å². The minimum absolute atomic E-state index is 0.0770. The molecule has 2 rings (SSSR count). The highest BCUT2D eigenvalue weighted by Crippen LogP contribution is 2.33. The molecule has 0 aliphatic heterocycles. The Labute approximate surface area is 126 Å². The largest absolute Gasteiger partial charge is 0.573 e. The molecule has 0 atom stereocenters. The van der Waals surface area contributed by atoms with Crippen molar-refractivity contribution in [3.63, 3.8) is 0 Å². The van der Waals surface area contributed by atoms with E-state index in [0.717, 1.165) is 18.2 Å². The van der Waals surface area contributed by atoms with Gasteiger partial charge in [-0.25, -0.2) is 4.98 Å². The van der Waals surface area contributed by atoms with Crippen LogP contribution in [-0.4, -0.2) is 16.5 Å². The Morgan fingerprint density at radius 2 is 1.70 bits per heavy atom. The predicted octanol–water partition coefficient (Wildman–Crippen LogP) is 4.16. The number of pyridine rings is 1. The molecule has 0 bridgehead atoms. The molecule has 1 N–H and O–H groups in total. The number of nitrogens with zero attached hydrogens (tertiary/aromatic N) is 1. The van der Waals surface area contributed by atoms with Crippen molar-refractivity contribution in [2.75, 3.05) is 0 Å². The molecule has 124 valence electrons. The highest BCUT2D eigenvalue weighted by molar-refractivity contribution is 5.67. The summed E-state index contributed by atoms with van der Waals surface area (Å²) in [5, 5.41) is 9.18. The van der Waals surface area contributed by atoms with Crippen LogP contribution in [0.15, 0.2) is 36.4 Å². The summed E-state index contributed by atoms with van der Waals surface area (Å²) in [5.74, 6) is -0.529. The highest BCUT2D eigenvalue weighted by atomic mass is 19.4.